The van der Waals surface area contributed by atoms with E-state index in [0.717, 1.165) is 18.4 Å². The van der Waals surface area contributed by atoms with Gasteiger partial charge in [0.2, 0.25) is 17.8 Å². The number of carbonyl (C=O) groups is 2. The summed E-state index contributed by atoms with van der Waals surface area (Å²) in [5, 5.41) is 14.1. The first-order valence-corrected chi connectivity index (χ1v) is 10.4. The monoisotopic (exact) mass is 437 g/mol. The number of imide groups is 1. The molecule has 158 valence electrons. The van der Waals surface area contributed by atoms with Gasteiger partial charge in [-0.15, -0.1) is 0 Å². The minimum atomic E-state index is -0.385. The molecule has 2 aromatic heterocycles. The highest BCUT2D eigenvalue weighted by Crippen LogP contribution is 2.27. The Hall–Kier alpha value is -3.46. The molecule has 0 radical (unpaired) electrons. The highest BCUT2D eigenvalue weighted by molar-refractivity contribution is 6.30. The number of anilines is 2. The summed E-state index contributed by atoms with van der Waals surface area (Å²) < 4.78 is 1.62. The Bertz CT molecular complexity index is 1210. The fraction of sp³-hybridized carbons (Fsp3) is 0.286. The van der Waals surface area contributed by atoms with Gasteiger partial charge in [0.05, 0.1) is 18.7 Å². The molecular formula is C21H20ClN7O2. The first-order valence-electron chi connectivity index (χ1n) is 10.1. The summed E-state index contributed by atoms with van der Waals surface area (Å²) in [6.07, 6.45) is 5.49. The number of carbonyl (C=O) groups excluding carboxylic acids is 2. The molecule has 5 rings (SSSR count). The van der Waals surface area contributed by atoms with Crippen LogP contribution in [-0.4, -0.2) is 37.4 Å². The van der Waals surface area contributed by atoms with Gasteiger partial charge in [0.1, 0.15) is 0 Å². The number of halogens is 1. The Kier molecular flexibility index (Phi) is 4.82. The van der Waals surface area contributed by atoms with Crippen molar-refractivity contribution in [3.05, 3.63) is 52.2 Å². The molecule has 2 aliphatic rings. The predicted octanol–water partition coefficient (Wildman–Crippen LogP) is 2.96. The molecule has 9 nitrogen and oxygen atoms in total. The highest BCUT2D eigenvalue weighted by Gasteiger charge is 2.26. The second kappa shape index (κ2) is 7.66. The van der Waals surface area contributed by atoms with Gasteiger partial charge in [0, 0.05) is 22.2 Å². The molecule has 3 heterocycles. The Morgan fingerprint density at radius 3 is 2.68 bits per heavy atom. The average molecular weight is 438 g/mol. The fourth-order valence-electron chi connectivity index (χ4n) is 3.40. The topological polar surface area (TPSA) is 113 Å². The standard InChI is InChI=1S/C21H20ClN7O2/c1-11(12-2-4-15(22)5-3-12)24-20-27-18-14(8-13-9-17(30)26-19(13)31)10-23-29(18)21(28-20)25-16-6-7-16/h2-5,8,10-11,16H,6-7,9H2,1H3,(H,26,30,31)(H2,24,25,27,28)/b13-8+/t11-/m1/s1. The van der Waals surface area contributed by atoms with Gasteiger partial charge in [0.25, 0.3) is 5.91 Å². The Morgan fingerprint density at radius 2 is 2.00 bits per heavy atom. The summed E-state index contributed by atoms with van der Waals surface area (Å²) in [5.41, 5.74) is 2.62. The lowest BCUT2D eigenvalue weighted by Gasteiger charge is -2.16. The van der Waals surface area contributed by atoms with Crippen molar-refractivity contribution in [2.75, 3.05) is 10.6 Å². The summed E-state index contributed by atoms with van der Waals surface area (Å²) in [4.78, 5) is 32.8. The van der Waals surface area contributed by atoms with Crippen LogP contribution < -0.4 is 16.0 Å². The molecule has 0 bridgehead atoms. The van der Waals surface area contributed by atoms with E-state index in [2.05, 4.69) is 31.0 Å². The van der Waals surface area contributed by atoms with E-state index in [1.807, 2.05) is 31.2 Å². The van der Waals surface area contributed by atoms with Crippen LogP contribution in [0.3, 0.4) is 0 Å². The number of amides is 2. The lowest BCUT2D eigenvalue weighted by molar-refractivity contribution is -0.124. The normalized spacial score (nSPS) is 18.5. The molecule has 1 atom stereocenters. The summed E-state index contributed by atoms with van der Waals surface area (Å²) >= 11 is 5.99. The van der Waals surface area contributed by atoms with Crippen LogP contribution in [0.2, 0.25) is 5.02 Å². The summed E-state index contributed by atoms with van der Waals surface area (Å²) in [5.74, 6) is 0.321. The molecule has 1 aliphatic carbocycles. The van der Waals surface area contributed by atoms with E-state index >= 15 is 0 Å². The number of hydrogen-bond donors (Lipinski definition) is 3. The van der Waals surface area contributed by atoms with E-state index in [4.69, 9.17) is 11.6 Å². The number of benzene rings is 1. The number of hydrogen-bond acceptors (Lipinski definition) is 7. The van der Waals surface area contributed by atoms with E-state index in [9.17, 15) is 9.59 Å². The van der Waals surface area contributed by atoms with Gasteiger partial charge >= 0.3 is 0 Å². The van der Waals surface area contributed by atoms with Crippen molar-refractivity contribution in [1.29, 1.82) is 0 Å². The van der Waals surface area contributed by atoms with Crippen molar-refractivity contribution in [2.24, 2.45) is 0 Å². The van der Waals surface area contributed by atoms with Gasteiger partial charge < -0.3 is 10.6 Å². The van der Waals surface area contributed by atoms with Crippen molar-refractivity contribution < 1.29 is 9.59 Å². The Labute approximate surface area is 182 Å². The van der Waals surface area contributed by atoms with E-state index in [1.165, 1.54) is 0 Å². The number of fused-ring (bicyclic) bond motifs is 1. The van der Waals surface area contributed by atoms with Crippen molar-refractivity contribution in [3.8, 4) is 0 Å². The summed E-state index contributed by atoms with van der Waals surface area (Å²) in [6.45, 7) is 2.01. The molecule has 2 amide bonds. The third kappa shape index (κ3) is 4.09. The smallest absolute Gasteiger partial charge is 0.254 e. The Morgan fingerprint density at radius 1 is 1.23 bits per heavy atom. The molecule has 1 aromatic carbocycles. The first kappa shape index (κ1) is 19.5. The van der Waals surface area contributed by atoms with Crippen LogP contribution in [-0.2, 0) is 9.59 Å². The van der Waals surface area contributed by atoms with E-state index in [-0.39, 0.29) is 24.3 Å². The van der Waals surface area contributed by atoms with Crippen molar-refractivity contribution in [3.63, 3.8) is 0 Å². The molecule has 3 aromatic rings. The van der Waals surface area contributed by atoms with Crippen LogP contribution in [0.1, 0.15) is 43.4 Å². The third-order valence-electron chi connectivity index (χ3n) is 5.25. The minimum absolute atomic E-state index is 0.0488. The second-order valence-corrected chi connectivity index (χ2v) is 8.20. The summed E-state index contributed by atoms with van der Waals surface area (Å²) in [6, 6.07) is 7.89. The zero-order valence-electron chi connectivity index (χ0n) is 16.7. The van der Waals surface area contributed by atoms with Gasteiger partial charge in [-0.3, -0.25) is 14.9 Å². The lowest BCUT2D eigenvalue weighted by atomic mass is 10.1. The van der Waals surface area contributed by atoms with Gasteiger partial charge in [-0.2, -0.15) is 19.6 Å². The second-order valence-electron chi connectivity index (χ2n) is 7.77. The van der Waals surface area contributed by atoms with Crippen molar-refractivity contribution in [1.82, 2.24) is 24.9 Å². The van der Waals surface area contributed by atoms with Crippen molar-refractivity contribution in [2.45, 2.75) is 38.3 Å². The van der Waals surface area contributed by atoms with Crippen LogP contribution in [0.4, 0.5) is 11.9 Å². The third-order valence-corrected chi connectivity index (χ3v) is 5.50. The molecular weight excluding hydrogens is 418 g/mol. The molecule has 31 heavy (non-hydrogen) atoms. The number of rotatable bonds is 6. The highest BCUT2D eigenvalue weighted by atomic mass is 35.5. The van der Waals surface area contributed by atoms with Crippen LogP contribution in [0.25, 0.3) is 11.7 Å². The van der Waals surface area contributed by atoms with Crippen LogP contribution in [0.5, 0.6) is 0 Å². The van der Waals surface area contributed by atoms with Gasteiger partial charge in [-0.25, -0.2) is 0 Å². The Balaban J connectivity index is 1.52. The maximum absolute atomic E-state index is 12.0. The molecule has 1 saturated carbocycles. The number of aromatic nitrogens is 4. The fourth-order valence-corrected chi connectivity index (χ4v) is 3.53. The van der Waals surface area contributed by atoms with Crippen LogP contribution >= 0.6 is 11.6 Å². The van der Waals surface area contributed by atoms with E-state index < -0.39 is 0 Å². The van der Waals surface area contributed by atoms with Crippen LogP contribution in [0, 0.1) is 0 Å². The van der Waals surface area contributed by atoms with Gasteiger partial charge in [-0.05, 0) is 43.5 Å². The molecule has 3 N–H and O–H groups in total. The molecule has 10 heteroatoms. The SMILES string of the molecule is C[C@@H](Nc1nc(NC2CC2)n2ncc(/C=C3\CC(=O)NC3=O)c2n1)c1ccc(Cl)cc1. The minimum Gasteiger partial charge on any atom is -0.351 e. The molecule has 1 aliphatic heterocycles. The van der Waals surface area contributed by atoms with E-state index in [0.29, 0.717) is 39.7 Å². The number of nitrogens with one attached hydrogen (secondary N) is 3. The number of nitrogens with zero attached hydrogens (tertiary/aromatic N) is 4. The predicted molar refractivity (Wildman–Crippen MR) is 117 cm³/mol. The maximum Gasteiger partial charge on any atom is 0.254 e. The maximum atomic E-state index is 12.0. The molecule has 0 unspecified atom stereocenters. The quantitative estimate of drug-likeness (QED) is 0.401. The molecule has 2 fully saturated rings. The van der Waals surface area contributed by atoms with Crippen LogP contribution in [0.15, 0.2) is 36.0 Å². The van der Waals surface area contributed by atoms with Crippen molar-refractivity contribution >= 4 is 47.0 Å². The molecule has 1 saturated heterocycles. The summed E-state index contributed by atoms with van der Waals surface area (Å²) in [7, 11) is 0. The average Bonchev–Trinajstić information content (AvgIpc) is 3.37. The zero-order valence-corrected chi connectivity index (χ0v) is 17.5. The lowest BCUT2D eigenvalue weighted by Crippen LogP contribution is -2.19. The first-order chi connectivity index (χ1) is 15.0. The largest absolute Gasteiger partial charge is 0.351 e. The zero-order chi connectivity index (χ0) is 21.5. The molecule has 0 spiro atoms. The van der Waals surface area contributed by atoms with Gasteiger partial charge in [-0.1, -0.05) is 23.7 Å². The van der Waals surface area contributed by atoms with E-state index in [1.54, 1.807) is 16.8 Å². The van der Waals surface area contributed by atoms with Gasteiger partial charge in [0.15, 0.2) is 5.65 Å².